The summed E-state index contributed by atoms with van der Waals surface area (Å²) in [6.07, 6.45) is -3.00. The number of carbonyl (C=O) groups is 2. The average Bonchev–Trinajstić information content (AvgIpc) is 3.41. The van der Waals surface area contributed by atoms with Crippen molar-refractivity contribution in [2.24, 2.45) is 5.92 Å². The summed E-state index contributed by atoms with van der Waals surface area (Å²) in [4.78, 5) is 29.8. The number of piperazine rings is 1. The predicted molar refractivity (Wildman–Crippen MR) is 123 cm³/mol. The van der Waals surface area contributed by atoms with Crippen molar-refractivity contribution in [1.82, 2.24) is 10.2 Å². The number of halogens is 4. The number of furan rings is 1. The van der Waals surface area contributed by atoms with Gasteiger partial charge in [0.15, 0.2) is 5.76 Å². The fourth-order valence-corrected chi connectivity index (χ4v) is 4.96. The minimum absolute atomic E-state index is 0.0957. The van der Waals surface area contributed by atoms with Gasteiger partial charge in [-0.1, -0.05) is 12.1 Å². The molecule has 188 valence electrons. The van der Waals surface area contributed by atoms with Gasteiger partial charge >= 0.3 is 6.18 Å². The summed E-state index contributed by atoms with van der Waals surface area (Å²) in [5.41, 5.74) is 1.00. The van der Waals surface area contributed by atoms with Gasteiger partial charge in [-0.25, -0.2) is 4.39 Å². The average molecular weight is 501 g/mol. The van der Waals surface area contributed by atoms with Crippen LogP contribution in [0.15, 0.2) is 65.3 Å². The third-order valence-electron chi connectivity index (χ3n) is 6.78. The minimum Gasteiger partial charge on any atom is -0.459 e. The lowest BCUT2D eigenvalue weighted by molar-refractivity contribution is -0.137. The van der Waals surface area contributed by atoms with Gasteiger partial charge in [0.1, 0.15) is 5.82 Å². The van der Waals surface area contributed by atoms with E-state index in [9.17, 15) is 27.2 Å². The summed E-state index contributed by atoms with van der Waals surface area (Å²) in [5, 5.41) is 2.84. The first-order valence-electron chi connectivity index (χ1n) is 11.5. The Kier molecular flexibility index (Phi) is 6.19. The molecule has 36 heavy (non-hydrogen) atoms. The van der Waals surface area contributed by atoms with Gasteiger partial charge < -0.3 is 19.5 Å². The molecule has 2 aromatic carbocycles. The summed E-state index contributed by atoms with van der Waals surface area (Å²) in [6, 6.07) is 12.0. The normalized spacial score (nSPS) is 19.4. The number of nitrogens with one attached hydrogen (secondary N) is 1. The van der Waals surface area contributed by atoms with Crippen LogP contribution in [0.2, 0.25) is 0 Å². The van der Waals surface area contributed by atoms with Crippen LogP contribution in [-0.2, 0) is 23.9 Å². The largest absolute Gasteiger partial charge is 0.459 e. The second-order valence-electron chi connectivity index (χ2n) is 8.99. The van der Waals surface area contributed by atoms with E-state index < -0.39 is 29.5 Å². The summed E-state index contributed by atoms with van der Waals surface area (Å²) < 4.78 is 58.6. The predicted octanol–water partition coefficient (Wildman–Crippen LogP) is 4.26. The highest BCUT2D eigenvalue weighted by Gasteiger charge is 2.43. The van der Waals surface area contributed by atoms with Gasteiger partial charge in [-0.3, -0.25) is 9.59 Å². The Morgan fingerprint density at radius 2 is 1.83 bits per heavy atom. The van der Waals surface area contributed by atoms with Crippen LogP contribution in [0.1, 0.15) is 27.2 Å². The Labute approximate surface area is 204 Å². The highest BCUT2D eigenvalue weighted by molar-refractivity contribution is 5.92. The van der Waals surface area contributed by atoms with E-state index in [1.807, 2.05) is 4.90 Å². The fourth-order valence-electron chi connectivity index (χ4n) is 4.96. The molecule has 3 heterocycles. The van der Waals surface area contributed by atoms with Crippen LogP contribution < -0.4 is 10.2 Å². The molecule has 1 fully saturated rings. The van der Waals surface area contributed by atoms with E-state index in [0.717, 1.165) is 12.1 Å². The van der Waals surface area contributed by atoms with Gasteiger partial charge in [-0.2, -0.15) is 13.2 Å². The molecule has 1 saturated heterocycles. The van der Waals surface area contributed by atoms with Crippen LogP contribution in [-0.4, -0.2) is 42.4 Å². The molecule has 3 aromatic rings. The maximum atomic E-state index is 13.4. The van der Waals surface area contributed by atoms with Gasteiger partial charge in [0.25, 0.3) is 5.91 Å². The number of hydrogen-bond donors (Lipinski definition) is 1. The van der Waals surface area contributed by atoms with Gasteiger partial charge in [-0.15, -0.1) is 0 Å². The van der Waals surface area contributed by atoms with Crippen molar-refractivity contribution in [2.75, 3.05) is 24.5 Å². The van der Waals surface area contributed by atoms with Gasteiger partial charge in [0.05, 0.1) is 23.8 Å². The molecule has 0 aliphatic carbocycles. The Morgan fingerprint density at radius 1 is 1.06 bits per heavy atom. The third-order valence-corrected chi connectivity index (χ3v) is 6.78. The molecule has 5 rings (SSSR count). The number of nitrogens with zero attached hydrogens (tertiary/aromatic N) is 2. The van der Waals surface area contributed by atoms with E-state index in [0.29, 0.717) is 29.9 Å². The summed E-state index contributed by atoms with van der Waals surface area (Å²) >= 11 is 0. The SMILES string of the molecule is O=C(NCc1ccc(F)cc1)[C@@H]1Cc2cc(C(F)(F)F)ccc2N2CCN(C(=O)c3ccco3)C[C@@H]12. The molecule has 0 spiro atoms. The van der Waals surface area contributed by atoms with E-state index in [-0.39, 0.29) is 37.1 Å². The lowest BCUT2D eigenvalue weighted by Crippen LogP contribution is -2.62. The summed E-state index contributed by atoms with van der Waals surface area (Å²) in [5.74, 6) is -1.55. The molecule has 0 unspecified atom stereocenters. The van der Waals surface area contributed by atoms with Crippen molar-refractivity contribution in [3.63, 3.8) is 0 Å². The van der Waals surface area contributed by atoms with Gasteiger partial charge in [0, 0.05) is 31.9 Å². The Bertz CT molecular complexity index is 1260. The number of alkyl halides is 3. The maximum Gasteiger partial charge on any atom is 0.416 e. The van der Waals surface area contributed by atoms with Crippen LogP contribution in [0.5, 0.6) is 0 Å². The molecular weight excluding hydrogens is 478 g/mol. The minimum atomic E-state index is -4.50. The monoisotopic (exact) mass is 501 g/mol. The van der Waals surface area contributed by atoms with Gasteiger partial charge in [0.2, 0.25) is 5.91 Å². The molecule has 6 nitrogen and oxygen atoms in total. The van der Waals surface area contributed by atoms with Crippen LogP contribution in [0.4, 0.5) is 23.2 Å². The first-order valence-corrected chi connectivity index (χ1v) is 11.5. The molecule has 0 saturated carbocycles. The molecule has 1 aromatic heterocycles. The molecule has 2 aliphatic rings. The molecular formula is C26H23F4N3O3. The number of fused-ring (bicyclic) bond motifs is 3. The highest BCUT2D eigenvalue weighted by atomic mass is 19.4. The number of carbonyl (C=O) groups excluding carboxylic acids is 2. The smallest absolute Gasteiger partial charge is 0.416 e. The maximum absolute atomic E-state index is 13.4. The first kappa shape index (κ1) is 23.9. The van der Waals surface area contributed by atoms with E-state index in [2.05, 4.69) is 5.32 Å². The highest BCUT2D eigenvalue weighted by Crippen LogP contribution is 2.40. The van der Waals surface area contributed by atoms with Crippen molar-refractivity contribution in [2.45, 2.75) is 25.2 Å². The first-order chi connectivity index (χ1) is 17.2. The second-order valence-corrected chi connectivity index (χ2v) is 8.99. The fraction of sp³-hybridized carbons (Fsp3) is 0.308. The van der Waals surface area contributed by atoms with Crippen molar-refractivity contribution >= 4 is 17.5 Å². The number of amides is 2. The quantitative estimate of drug-likeness (QED) is 0.543. The van der Waals surface area contributed by atoms with Crippen molar-refractivity contribution in [1.29, 1.82) is 0 Å². The molecule has 2 atom stereocenters. The molecule has 2 amide bonds. The molecule has 2 aliphatic heterocycles. The zero-order valence-corrected chi connectivity index (χ0v) is 19.1. The van der Waals surface area contributed by atoms with Crippen molar-refractivity contribution in [3.8, 4) is 0 Å². The Morgan fingerprint density at radius 3 is 2.53 bits per heavy atom. The summed E-state index contributed by atoms with van der Waals surface area (Å²) in [6.45, 7) is 1.05. The Balaban J connectivity index is 1.42. The van der Waals surface area contributed by atoms with Crippen molar-refractivity contribution < 1.29 is 31.6 Å². The number of anilines is 1. The van der Waals surface area contributed by atoms with Crippen LogP contribution >= 0.6 is 0 Å². The zero-order valence-electron chi connectivity index (χ0n) is 19.1. The molecule has 1 N–H and O–H groups in total. The lowest BCUT2D eigenvalue weighted by atomic mass is 9.82. The molecule has 0 bridgehead atoms. The third kappa shape index (κ3) is 4.67. The summed E-state index contributed by atoms with van der Waals surface area (Å²) in [7, 11) is 0. The number of benzene rings is 2. The van der Waals surface area contributed by atoms with E-state index in [4.69, 9.17) is 4.42 Å². The zero-order chi connectivity index (χ0) is 25.4. The van der Waals surface area contributed by atoms with E-state index in [1.165, 1.54) is 24.5 Å². The van der Waals surface area contributed by atoms with E-state index >= 15 is 0 Å². The van der Waals surface area contributed by atoms with Crippen LogP contribution in [0.25, 0.3) is 0 Å². The molecule has 10 heteroatoms. The Hall–Kier alpha value is -3.82. The standard InChI is InChI=1S/C26H23F4N3O3/c27-19-6-3-16(4-7-19)14-31-24(34)20-13-17-12-18(26(28,29)30)5-8-21(17)33-10-9-32(15-22(20)33)25(35)23-2-1-11-36-23/h1-8,11-12,20,22H,9-10,13-15H2,(H,31,34)/t20-,22+/m1/s1. The number of hydrogen-bond acceptors (Lipinski definition) is 4. The van der Waals surface area contributed by atoms with Crippen molar-refractivity contribution in [3.05, 3.63) is 89.1 Å². The molecule has 0 radical (unpaired) electrons. The second kappa shape index (κ2) is 9.33. The van der Waals surface area contributed by atoms with Crippen LogP contribution in [0.3, 0.4) is 0 Å². The lowest BCUT2D eigenvalue weighted by Gasteiger charge is -2.49. The van der Waals surface area contributed by atoms with Crippen LogP contribution in [0, 0.1) is 11.7 Å². The number of rotatable bonds is 4. The topological polar surface area (TPSA) is 65.8 Å². The van der Waals surface area contributed by atoms with Gasteiger partial charge in [-0.05, 0) is 60.0 Å². The van der Waals surface area contributed by atoms with E-state index in [1.54, 1.807) is 29.2 Å².